The van der Waals surface area contributed by atoms with Gasteiger partial charge in [-0.05, 0) is 50.1 Å². The average molecular weight is 277 g/mol. The highest BCUT2D eigenvalue weighted by Crippen LogP contribution is 2.26. The second kappa shape index (κ2) is 5.30. The van der Waals surface area contributed by atoms with Gasteiger partial charge >= 0.3 is 0 Å². The second-order valence-corrected chi connectivity index (χ2v) is 5.73. The Bertz CT molecular complexity index is 788. The van der Waals surface area contributed by atoms with Crippen LogP contribution in [0.25, 0.3) is 10.9 Å². The number of aromatic nitrogens is 1. The van der Waals surface area contributed by atoms with E-state index in [-0.39, 0.29) is 0 Å². The van der Waals surface area contributed by atoms with Crippen LogP contribution in [-0.4, -0.2) is 10.1 Å². The van der Waals surface area contributed by atoms with Crippen LogP contribution in [0.3, 0.4) is 0 Å². The Labute approximate surface area is 125 Å². The number of hydrogen-bond donors (Lipinski definition) is 1. The first-order chi connectivity index (χ1) is 10.0. The van der Waals surface area contributed by atoms with Gasteiger partial charge in [0.05, 0.1) is 5.52 Å². The van der Waals surface area contributed by atoms with Crippen molar-refractivity contribution < 1.29 is 5.11 Å². The fourth-order valence-corrected chi connectivity index (χ4v) is 2.78. The molecule has 0 saturated carbocycles. The highest BCUT2D eigenvalue weighted by atomic mass is 16.3. The molecule has 106 valence electrons. The highest BCUT2D eigenvalue weighted by Gasteiger charge is 2.12. The standard InChI is InChI=1S/C19H19NO/c1-12-8-13(2)10-17(9-12)19(21)16-6-7-18-15(11-16)5-4-14(3)20-18/h4-11,19,21H,1-3H3. The van der Waals surface area contributed by atoms with Gasteiger partial charge < -0.3 is 5.11 Å². The molecule has 1 atom stereocenters. The average Bonchev–Trinajstić information content (AvgIpc) is 2.45. The Balaban J connectivity index is 2.04. The van der Waals surface area contributed by atoms with Gasteiger partial charge in [-0.1, -0.05) is 41.5 Å². The molecule has 0 aliphatic heterocycles. The zero-order chi connectivity index (χ0) is 15.0. The van der Waals surface area contributed by atoms with E-state index in [1.807, 2.05) is 43.3 Å². The molecule has 1 N–H and O–H groups in total. The summed E-state index contributed by atoms with van der Waals surface area (Å²) in [6.07, 6.45) is -0.602. The van der Waals surface area contributed by atoms with E-state index in [2.05, 4.69) is 31.0 Å². The van der Waals surface area contributed by atoms with Gasteiger partial charge in [0, 0.05) is 11.1 Å². The first-order valence-corrected chi connectivity index (χ1v) is 7.16. The lowest BCUT2D eigenvalue weighted by Gasteiger charge is -2.14. The van der Waals surface area contributed by atoms with Crippen LogP contribution < -0.4 is 0 Å². The third kappa shape index (κ3) is 2.81. The summed E-state index contributed by atoms with van der Waals surface area (Å²) in [5, 5.41) is 11.7. The SMILES string of the molecule is Cc1cc(C)cc(C(O)c2ccc3nc(C)ccc3c2)c1. The molecule has 1 heterocycles. The van der Waals surface area contributed by atoms with E-state index in [1.54, 1.807) is 0 Å². The molecular formula is C19H19NO. The van der Waals surface area contributed by atoms with E-state index < -0.39 is 6.10 Å². The lowest BCUT2D eigenvalue weighted by molar-refractivity contribution is 0.220. The zero-order valence-electron chi connectivity index (χ0n) is 12.6. The van der Waals surface area contributed by atoms with Crippen LogP contribution in [-0.2, 0) is 0 Å². The zero-order valence-corrected chi connectivity index (χ0v) is 12.6. The largest absolute Gasteiger partial charge is 0.384 e. The van der Waals surface area contributed by atoms with E-state index in [0.717, 1.165) is 27.7 Å². The lowest BCUT2D eigenvalue weighted by Crippen LogP contribution is -2.01. The van der Waals surface area contributed by atoms with Crippen molar-refractivity contribution in [1.82, 2.24) is 4.98 Å². The van der Waals surface area contributed by atoms with Crippen molar-refractivity contribution in [2.24, 2.45) is 0 Å². The van der Waals surface area contributed by atoms with Crippen molar-refractivity contribution in [3.05, 3.63) is 76.5 Å². The number of nitrogens with zero attached hydrogens (tertiary/aromatic N) is 1. The first kappa shape index (κ1) is 13.8. The smallest absolute Gasteiger partial charge is 0.104 e. The van der Waals surface area contributed by atoms with E-state index >= 15 is 0 Å². The van der Waals surface area contributed by atoms with Crippen LogP contribution in [0.15, 0.2) is 48.5 Å². The van der Waals surface area contributed by atoms with Crippen molar-refractivity contribution in [1.29, 1.82) is 0 Å². The number of rotatable bonds is 2. The minimum Gasteiger partial charge on any atom is -0.384 e. The molecule has 0 bridgehead atoms. The Morgan fingerprint density at radius 3 is 2.24 bits per heavy atom. The number of pyridine rings is 1. The molecule has 0 spiro atoms. The Morgan fingerprint density at radius 1 is 0.810 bits per heavy atom. The molecule has 2 heteroatoms. The molecule has 0 saturated heterocycles. The Hall–Kier alpha value is -2.19. The third-order valence-electron chi connectivity index (χ3n) is 3.73. The fourth-order valence-electron chi connectivity index (χ4n) is 2.78. The molecule has 0 amide bonds. The molecule has 0 radical (unpaired) electrons. The van der Waals surface area contributed by atoms with Crippen LogP contribution in [0.1, 0.15) is 34.1 Å². The molecule has 0 fully saturated rings. The summed E-state index contributed by atoms with van der Waals surface area (Å²) in [6.45, 7) is 6.09. The van der Waals surface area contributed by atoms with Crippen LogP contribution in [0.4, 0.5) is 0 Å². The van der Waals surface area contributed by atoms with Gasteiger partial charge in [-0.15, -0.1) is 0 Å². The van der Waals surface area contributed by atoms with Gasteiger partial charge in [-0.2, -0.15) is 0 Å². The summed E-state index contributed by atoms with van der Waals surface area (Å²) in [6, 6.07) is 16.2. The van der Waals surface area contributed by atoms with Crippen LogP contribution in [0.2, 0.25) is 0 Å². The Morgan fingerprint density at radius 2 is 1.52 bits per heavy atom. The van der Waals surface area contributed by atoms with Crippen molar-refractivity contribution in [2.75, 3.05) is 0 Å². The fraction of sp³-hybridized carbons (Fsp3) is 0.211. The molecule has 1 unspecified atom stereocenters. The van der Waals surface area contributed by atoms with Crippen molar-refractivity contribution in [3.63, 3.8) is 0 Å². The maximum absolute atomic E-state index is 10.6. The van der Waals surface area contributed by atoms with Gasteiger partial charge in [0.25, 0.3) is 0 Å². The van der Waals surface area contributed by atoms with E-state index in [9.17, 15) is 5.11 Å². The molecule has 0 aliphatic rings. The molecule has 3 aromatic rings. The summed E-state index contributed by atoms with van der Waals surface area (Å²) in [7, 11) is 0. The van der Waals surface area contributed by atoms with Gasteiger partial charge in [0.2, 0.25) is 0 Å². The van der Waals surface area contributed by atoms with Crippen LogP contribution >= 0.6 is 0 Å². The monoisotopic (exact) mass is 277 g/mol. The maximum Gasteiger partial charge on any atom is 0.104 e. The van der Waals surface area contributed by atoms with Gasteiger partial charge in [0.1, 0.15) is 6.10 Å². The molecular weight excluding hydrogens is 258 g/mol. The molecule has 2 aromatic carbocycles. The number of aliphatic hydroxyl groups is 1. The van der Waals surface area contributed by atoms with Crippen molar-refractivity contribution in [2.45, 2.75) is 26.9 Å². The topological polar surface area (TPSA) is 33.1 Å². The molecule has 0 aliphatic carbocycles. The van der Waals surface area contributed by atoms with Gasteiger partial charge in [0.15, 0.2) is 0 Å². The minimum atomic E-state index is -0.602. The minimum absolute atomic E-state index is 0.602. The number of benzene rings is 2. The van der Waals surface area contributed by atoms with E-state index in [0.29, 0.717) is 0 Å². The van der Waals surface area contributed by atoms with Gasteiger partial charge in [-0.25, -0.2) is 0 Å². The van der Waals surface area contributed by atoms with Gasteiger partial charge in [-0.3, -0.25) is 4.98 Å². The number of hydrogen-bond acceptors (Lipinski definition) is 2. The summed E-state index contributed by atoms with van der Waals surface area (Å²) in [5.41, 5.74) is 6.14. The quantitative estimate of drug-likeness (QED) is 0.760. The maximum atomic E-state index is 10.6. The van der Waals surface area contributed by atoms with E-state index in [4.69, 9.17) is 0 Å². The first-order valence-electron chi connectivity index (χ1n) is 7.16. The van der Waals surface area contributed by atoms with E-state index in [1.165, 1.54) is 11.1 Å². The highest BCUT2D eigenvalue weighted by molar-refractivity contribution is 5.79. The molecule has 2 nitrogen and oxygen atoms in total. The van der Waals surface area contributed by atoms with Crippen LogP contribution in [0, 0.1) is 20.8 Å². The summed E-state index contributed by atoms with van der Waals surface area (Å²) < 4.78 is 0. The normalized spacial score (nSPS) is 12.6. The van der Waals surface area contributed by atoms with Crippen molar-refractivity contribution in [3.8, 4) is 0 Å². The molecule has 21 heavy (non-hydrogen) atoms. The predicted molar refractivity (Wildman–Crippen MR) is 86.5 cm³/mol. The lowest BCUT2D eigenvalue weighted by atomic mass is 9.97. The Kier molecular flexibility index (Phi) is 3.48. The number of aliphatic hydroxyl groups excluding tert-OH is 1. The predicted octanol–water partition coefficient (Wildman–Crippen LogP) is 4.24. The number of aryl methyl sites for hydroxylation is 3. The molecule has 3 rings (SSSR count). The summed E-state index contributed by atoms with van der Waals surface area (Å²) in [4.78, 5) is 4.50. The second-order valence-electron chi connectivity index (χ2n) is 5.73. The summed E-state index contributed by atoms with van der Waals surface area (Å²) in [5.74, 6) is 0. The summed E-state index contributed by atoms with van der Waals surface area (Å²) >= 11 is 0. The number of fused-ring (bicyclic) bond motifs is 1. The van der Waals surface area contributed by atoms with Crippen LogP contribution in [0.5, 0.6) is 0 Å². The third-order valence-corrected chi connectivity index (χ3v) is 3.73. The molecule has 1 aromatic heterocycles. The van der Waals surface area contributed by atoms with Crippen molar-refractivity contribution >= 4 is 10.9 Å².